The van der Waals surface area contributed by atoms with Gasteiger partial charge in [-0.2, -0.15) is 0 Å². The quantitative estimate of drug-likeness (QED) is 0.451. The summed E-state index contributed by atoms with van der Waals surface area (Å²) in [7, 11) is 0. The summed E-state index contributed by atoms with van der Waals surface area (Å²) in [4.78, 5) is 0. The van der Waals surface area contributed by atoms with E-state index in [2.05, 4.69) is 19.2 Å². The Morgan fingerprint density at radius 1 is 0.370 bits per heavy atom. The maximum atomic E-state index is 3.34. The molecule has 0 rings (SSSR count). The van der Waals surface area contributed by atoms with Gasteiger partial charge in [-0.3, -0.25) is 0 Å². The first-order valence-electron chi connectivity index (χ1n) is 12.6. The summed E-state index contributed by atoms with van der Waals surface area (Å²) in [6.45, 7) is 42.8. The van der Waals surface area contributed by atoms with Crippen molar-refractivity contribution >= 4 is 0 Å². The van der Waals surface area contributed by atoms with Gasteiger partial charge in [0.25, 0.3) is 0 Å². The van der Waals surface area contributed by atoms with Crippen molar-refractivity contribution in [2.75, 3.05) is 13.1 Å². The van der Waals surface area contributed by atoms with Gasteiger partial charge in [-0.1, -0.05) is 152 Å². The lowest BCUT2D eigenvalue weighted by Crippen LogP contribution is -2.15. The summed E-state index contributed by atoms with van der Waals surface area (Å²) >= 11 is 0. The third-order valence-electron chi connectivity index (χ3n) is 1.13. The Kier molecular flexibility index (Phi) is 1200. The summed E-state index contributed by atoms with van der Waals surface area (Å²) in [6, 6.07) is 0. The van der Waals surface area contributed by atoms with Crippen LogP contribution in [0.15, 0.2) is 0 Å². The average Bonchev–Trinajstić information content (AvgIpc) is 2.83. The van der Waals surface area contributed by atoms with Gasteiger partial charge in [-0.15, -0.1) is 0 Å². The second-order valence-corrected chi connectivity index (χ2v) is 2.10. The molecule has 0 heterocycles. The minimum atomic E-state index is 0. The summed E-state index contributed by atoms with van der Waals surface area (Å²) < 4.78 is 0. The molecule has 0 fully saturated rings. The van der Waals surface area contributed by atoms with Gasteiger partial charge in [-0.05, 0) is 25.9 Å². The van der Waals surface area contributed by atoms with Crippen LogP contribution < -0.4 is 5.32 Å². The zero-order valence-electron chi connectivity index (χ0n) is 24.0. The maximum absolute atomic E-state index is 3.34. The van der Waals surface area contributed by atoms with E-state index in [4.69, 9.17) is 0 Å². The predicted octanol–water partition coefficient (Wildman–Crippen LogP) is 11.7. The number of unbranched alkanes of at least 4 members (excludes halogenated alkanes) is 1. The standard InChI is InChI=1S/C7H17N.9C2H6.CH4/c1-3-5-7-8-6-4-2;9*1-2;/h8H,3-7H2,1-2H3;9*1-2H3;1H4. The van der Waals surface area contributed by atoms with Gasteiger partial charge in [-0.25, -0.2) is 0 Å². The van der Waals surface area contributed by atoms with Gasteiger partial charge in [0, 0.05) is 0 Å². The van der Waals surface area contributed by atoms with Crippen molar-refractivity contribution in [3.8, 4) is 0 Å². The Morgan fingerprint density at radius 2 is 0.593 bits per heavy atom. The number of nitrogens with one attached hydrogen (secondary N) is 1. The van der Waals surface area contributed by atoms with Crippen molar-refractivity contribution in [1.82, 2.24) is 5.32 Å². The molecule has 0 spiro atoms. The van der Waals surface area contributed by atoms with E-state index in [0.717, 1.165) is 0 Å². The molecule has 0 aliphatic carbocycles. The van der Waals surface area contributed by atoms with Gasteiger partial charge in [0.1, 0.15) is 0 Å². The van der Waals surface area contributed by atoms with Gasteiger partial charge in [0.15, 0.2) is 0 Å². The SMILES string of the molecule is C.CC.CC.CC.CC.CC.CC.CC.CC.CC.CCCCNCCC. The topological polar surface area (TPSA) is 12.0 Å². The summed E-state index contributed by atoms with van der Waals surface area (Å²) in [5.41, 5.74) is 0. The van der Waals surface area contributed by atoms with E-state index in [9.17, 15) is 0 Å². The first-order valence-corrected chi connectivity index (χ1v) is 12.6. The van der Waals surface area contributed by atoms with Crippen LogP contribution in [0.25, 0.3) is 0 Å². The number of rotatable bonds is 5. The fourth-order valence-corrected chi connectivity index (χ4v) is 0.604. The summed E-state index contributed by atoms with van der Waals surface area (Å²) in [5.74, 6) is 0. The Bertz CT molecular complexity index is 31.2. The van der Waals surface area contributed by atoms with E-state index in [-0.39, 0.29) is 7.43 Å². The molecule has 1 N–H and O–H groups in total. The molecular formula is C26H75N. The van der Waals surface area contributed by atoms with Crippen LogP contribution in [0.4, 0.5) is 0 Å². The number of hydrogen-bond donors (Lipinski definition) is 1. The molecule has 1 nitrogen and oxygen atoms in total. The second kappa shape index (κ2) is 455. The molecule has 0 aromatic rings. The van der Waals surface area contributed by atoms with Crippen LogP contribution in [0.2, 0.25) is 0 Å². The molecule has 0 saturated heterocycles. The van der Waals surface area contributed by atoms with E-state index >= 15 is 0 Å². The van der Waals surface area contributed by atoms with Crippen molar-refractivity contribution in [2.45, 2.75) is 165 Å². The zero-order valence-corrected chi connectivity index (χ0v) is 24.0. The minimum Gasteiger partial charge on any atom is -0.317 e. The monoisotopic (exact) mass is 402 g/mol. The molecule has 0 atom stereocenters. The average molecular weight is 402 g/mol. The third kappa shape index (κ3) is 606. The molecule has 1 heteroatoms. The molecule has 0 radical (unpaired) electrons. The molecule has 0 aromatic heterocycles. The van der Waals surface area contributed by atoms with Gasteiger partial charge >= 0.3 is 0 Å². The van der Waals surface area contributed by atoms with Gasteiger partial charge in [0.2, 0.25) is 0 Å². The Morgan fingerprint density at radius 3 is 0.741 bits per heavy atom. The molecule has 0 amide bonds. The lowest BCUT2D eigenvalue weighted by molar-refractivity contribution is 0.633. The van der Waals surface area contributed by atoms with Gasteiger partial charge < -0.3 is 5.32 Å². The van der Waals surface area contributed by atoms with E-state index < -0.39 is 0 Å². The van der Waals surface area contributed by atoms with Crippen molar-refractivity contribution in [3.05, 3.63) is 0 Å². The van der Waals surface area contributed by atoms with Crippen LogP contribution >= 0.6 is 0 Å². The summed E-state index contributed by atoms with van der Waals surface area (Å²) in [6.07, 6.45) is 3.88. The van der Waals surface area contributed by atoms with Crippen LogP contribution in [-0.4, -0.2) is 13.1 Å². The van der Waals surface area contributed by atoms with E-state index in [1.165, 1.54) is 32.4 Å². The highest BCUT2D eigenvalue weighted by Gasteiger charge is 1.80. The highest BCUT2D eigenvalue weighted by atomic mass is 14.8. The fourth-order valence-electron chi connectivity index (χ4n) is 0.604. The minimum absolute atomic E-state index is 0. The van der Waals surface area contributed by atoms with Crippen LogP contribution in [-0.2, 0) is 0 Å². The normalized spacial score (nSPS) is 4.89. The van der Waals surface area contributed by atoms with E-state index in [0.29, 0.717) is 0 Å². The zero-order chi connectivity index (χ0) is 24.2. The molecule has 27 heavy (non-hydrogen) atoms. The Hall–Kier alpha value is -0.0400. The predicted molar refractivity (Wildman–Crippen MR) is 147 cm³/mol. The first kappa shape index (κ1) is 71.3. The van der Waals surface area contributed by atoms with Crippen molar-refractivity contribution in [1.29, 1.82) is 0 Å². The molecule has 0 aromatic carbocycles. The maximum Gasteiger partial charge on any atom is -0.00490 e. The largest absolute Gasteiger partial charge is 0.317 e. The highest BCUT2D eigenvalue weighted by Crippen LogP contribution is 1.81. The highest BCUT2D eigenvalue weighted by molar-refractivity contribution is 4.43. The Labute approximate surface area is 183 Å². The van der Waals surface area contributed by atoms with Crippen LogP contribution in [0.1, 0.15) is 165 Å². The van der Waals surface area contributed by atoms with Gasteiger partial charge in [0.05, 0.1) is 0 Å². The third-order valence-corrected chi connectivity index (χ3v) is 1.13. The van der Waals surface area contributed by atoms with E-state index in [1.54, 1.807) is 0 Å². The lowest BCUT2D eigenvalue weighted by atomic mass is 10.3. The summed E-state index contributed by atoms with van der Waals surface area (Å²) in [5, 5.41) is 3.34. The van der Waals surface area contributed by atoms with Crippen LogP contribution in [0.5, 0.6) is 0 Å². The fraction of sp³-hybridized carbons (Fsp3) is 1.00. The molecule has 0 unspecified atom stereocenters. The first-order chi connectivity index (χ1) is 12.9. The van der Waals surface area contributed by atoms with Crippen molar-refractivity contribution in [3.63, 3.8) is 0 Å². The lowest BCUT2D eigenvalue weighted by Gasteiger charge is -1.98. The molecule has 184 valence electrons. The molecule has 0 bridgehead atoms. The molecule has 0 aliphatic rings. The number of hydrogen-bond acceptors (Lipinski definition) is 1. The molecular weight excluding hydrogens is 326 g/mol. The van der Waals surface area contributed by atoms with Crippen LogP contribution in [0, 0.1) is 0 Å². The molecule has 0 saturated carbocycles. The van der Waals surface area contributed by atoms with Crippen molar-refractivity contribution < 1.29 is 0 Å². The van der Waals surface area contributed by atoms with Crippen LogP contribution in [0.3, 0.4) is 0 Å². The molecule has 0 aliphatic heterocycles. The second-order valence-electron chi connectivity index (χ2n) is 2.10. The smallest absolute Gasteiger partial charge is 0.00490 e. The van der Waals surface area contributed by atoms with E-state index in [1.807, 2.05) is 125 Å². The Balaban J connectivity index is -0.0000000129. The van der Waals surface area contributed by atoms with Crippen molar-refractivity contribution in [2.24, 2.45) is 0 Å².